The summed E-state index contributed by atoms with van der Waals surface area (Å²) in [6.07, 6.45) is 8.43. The normalized spacial score (nSPS) is 24.7. The summed E-state index contributed by atoms with van der Waals surface area (Å²) in [6.45, 7) is 6.06. The monoisotopic (exact) mass is 1270 g/mol. The predicted octanol–water partition coefficient (Wildman–Crippen LogP) is 14.5. The lowest BCUT2D eigenvalue weighted by Crippen LogP contribution is -2.19. The smallest absolute Gasteiger partial charge is 0.229 e. The number of nitrogens with two attached hydrogens (primary N) is 3. The van der Waals surface area contributed by atoms with Crippen LogP contribution in [0.2, 0.25) is 20.1 Å². The average Bonchev–Trinajstić information content (AvgIpc) is 1.71. The van der Waals surface area contributed by atoms with E-state index in [9.17, 15) is 29.7 Å². The van der Waals surface area contributed by atoms with E-state index in [1.165, 1.54) is 0 Å². The number of aromatic nitrogens is 3. The van der Waals surface area contributed by atoms with Crippen LogP contribution in [0.5, 0.6) is 0 Å². The number of benzene rings is 6. The van der Waals surface area contributed by atoms with Gasteiger partial charge in [-0.1, -0.05) is 127 Å². The van der Waals surface area contributed by atoms with Gasteiger partial charge in [0, 0.05) is 85.7 Å². The molecular formula is C70H69Cl4N9O6. The van der Waals surface area contributed by atoms with Crippen molar-refractivity contribution in [3.8, 4) is 33.4 Å². The van der Waals surface area contributed by atoms with Crippen molar-refractivity contribution in [1.29, 1.82) is 0 Å². The van der Waals surface area contributed by atoms with E-state index >= 15 is 0 Å². The zero-order chi connectivity index (χ0) is 61.7. The van der Waals surface area contributed by atoms with Gasteiger partial charge in [-0.3, -0.25) is 14.4 Å². The van der Waals surface area contributed by atoms with Gasteiger partial charge in [0.05, 0.1) is 49.8 Å². The van der Waals surface area contributed by atoms with Crippen LogP contribution in [0, 0.1) is 74.0 Å². The molecule has 3 heterocycles. The quantitative estimate of drug-likeness (QED) is 0.0611. The lowest BCUT2D eigenvalue weighted by Gasteiger charge is -2.16. The molecule has 6 fully saturated rings. The largest absolute Gasteiger partial charge is 0.398 e. The van der Waals surface area contributed by atoms with Crippen LogP contribution in [0.1, 0.15) is 62.6 Å². The van der Waals surface area contributed by atoms with Crippen LogP contribution < -0.4 is 33.2 Å². The minimum atomic E-state index is -0.269. The third kappa shape index (κ3) is 11.6. The molecule has 458 valence electrons. The number of hydrogen-bond acceptors (Lipinski definition) is 12. The highest BCUT2D eigenvalue weighted by Gasteiger charge is 2.61. The van der Waals surface area contributed by atoms with Crippen molar-refractivity contribution in [3.63, 3.8) is 0 Å². The SMILES string of the molecule is C.Cc1ccccc1-c1c(Cl)c(N)c2cnc(NC(=O)C3[C@H]4CC(O)C[C@@H]34)cc2c1Cl.Cc1ccccc1-c1cc(N)c2cnc(NC(=O)C3[C@H]4CC(O)C[C@@H]34)cc2c1Cl.Cc1ccccc1-c1cc2cc(NC(=O)C3[C@H]4CC(O)C[C@@H]34)ncc2c(N)c1Cl. The molecule has 19 heteroatoms. The summed E-state index contributed by atoms with van der Waals surface area (Å²) in [7, 11) is 0. The Kier molecular flexibility index (Phi) is 16.8. The first-order chi connectivity index (χ1) is 42.2. The number of carbonyl (C=O) groups is 3. The zero-order valence-electron chi connectivity index (χ0n) is 48.4. The Morgan fingerprint density at radius 3 is 1.22 bits per heavy atom. The van der Waals surface area contributed by atoms with Gasteiger partial charge in [0.25, 0.3) is 0 Å². The summed E-state index contributed by atoms with van der Waals surface area (Å²) in [5.74, 6) is 3.03. The van der Waals surface area contributed by atoms with Crippen molar-refractivity contribution in [1.82, 2.24) is 15.0 Å². The first kappa shape index (κ1) is 61.6. The Labute approximate surface area is 535 Å². The second-order valence-corrected chi connectivity index (χ2v) is 26.3. The molecule has 3 amide bonds. The molecule has 0 bridgehead atoms. The van der Waals surface area contributed by atoms with Crippen LogP contribution in [-0.4, -0.2) is 66.3 Å². The van der Waals surface area contributed by atoms with Crippen molar-refractivity contribution in [2.24, 2.45) is 53.3 Å². The number of aryl methyl sites for hydroxylation is 3. The summed E-state index contributed by atoms with van der Waals surface area (Å²) in [6, 6.07) is 33.1. The number of carbonyl (C=O) groups excluding carboxylic acids is 3. The zero-order valence-corrected chi connectivity index (χ0v) is 51.4. The van der Waals surface area contributed by atoms with Crippen molar-refractivity contribution in [2.75, 3.05) is 33.2 Å². The number of fused-ring (bicyclic) bond motifs is 6. The minimum Gasteiger partial charge on any atom is -0.398 e. The summed E-state index contributed by atoms with van der Waals surface area (Å²) < 4.78 is 0. The van der Waals surface area contributed by atoms with E-state index in [1.54, 1.807) is 30.7 Å². The third-order valence-electron chi connectivity index (χ3n) is 19.3. The number of rotatable bonds is 9. The number of nitrogens with one attached hydrogen (secondary N) is 3. The molecule has 0 aliphatic heterocycles. The molecule has 15 rings (SSSR count). The first-order valence-corrected chi connectivity index (χ1v) is 31.2. The van der Waals surface area contributed by atoms with Gasteiger partial charge in [-0.15, -0.1) is 0 Å². The molecule has 12 atom stereocenters. The fourth-order valence-corrected chi connectivity index (χ4v) is 15.9. The van der Waals surface area contributed by atoms with Gasteiger partial charge in [0.15, 0.2) is 0 Å². The topological polar surface area (TPSA) is 265 Å². The molecular weight excluding hydrogens is 1200 g/mol. The van der Waals surface area contributed by atoms with Crippen molar-refractivity contribution < 1.29 is 29.7 Å². The molecule has 6 saturated carbocycles. The number of nitrogens with zero attached hydrogens (tertiary/aromatic N) is 3. The standard InChI is InChI=1S/C23H21Cl2N3O2.2C23H22ClN3O2.CH4/c1-10-4-2-3-5-12(10)19-20(24)15-8-17(27-9-16(15)22(26)21(19)25)28-23(30)18-13-6-11(29)7-14(13)18;1-11-4-2-3-5-14(11)17-6-12-7-19(26-10-18(12)22(25)21(17)24)27-23(29)20-15-8-13(28)9-16(15)20;1-11-4-2-3-5-13(11)16-8-19(25)18-10-26-20(9-17(18)22(16)24)27-23(29)21-14-6-12(28)7-15(14)21;/h2-5,8-9,11,13-14,18,29H,6-7,26H2,1H3,(H,27,28,30);2-7,10,13,15-16,20,28H,8-9,25H2,1H3,(H,26,27,29);2-5,8-10,12,14-15,21,28H,6-7,25H2,1H3,(H,26,27,29);1H4/t11?,13-,14+,18?;13?,15-,16+,20?;12?,14-,15+,21?;. The number of aliphatic hydroxyl groups excluding tert-OH is 3. The number of halogens is 4. The molecule has 3 aromatic heterocycles. The van der Waals surface area contributed by atoms with Crippen LogP contribution in [0.15, 0.2) is 122 Å². The molecule has 6 aromatic carbocycles. The Hall–Kier alpha value is -7.60. The summed E-state index contributed by atoms with van der Waals surface area (Å²) in [5.41, 5.74) is 29.0. The van der Waals surface area contributed by atoms with Gasteiger partial charge in [0.1, 0.15) is 17.5 Å². The van der Waals surface area contributed by atoms with E-state index in [-0.39, 0.29) is 73.0 Å². The molecule has 12 N–H and O–H groups in total. The van der Waals surface area contributed by atoms with Gasteiger partial charge in [-0.2, -0.15) is 0 Å². The number of anilines is 6. The summed E-state index contributed by atoms with van der Waals surface area (Å²) >= 11 is 26.7. The first-order valence-electron chi connectivity index (χ1n) is 29.7. The second-order valence-electron chi connectivity index (χ2n) is 24.8. The molecule has 6 aliphatic rings. The fraction of sp³-hybridized carbons (Fsp3) is 0.314. The number of pyridine rings is 3. The maximum absolute atomic E-state index is 12.7. The van der Waals surface area contributed by atoms with Gasteiger partial charge in [-0.05, 0) is 164 Å². The lowest BCUT2D eigenvalue weighted by atomic mass is 9.97. The van der Waals surface area contributed by atoms with Crippen LogP contribution >= 0.6 is 46.4 Å². The summed E-state index contributed by atoms with van der Waals surface area (Å²) in [4.78, 5) is 51.0. The third-order valence-corrected chi connectivity index (χ3v) is 20.9. The van der Waals surface area contributed by atoms with E-state index in [4.69, 9.17) is 63.6 Å². The van der Waals surface area contributed by atoms with Crippen LogP contribution in [0.25, 0.3) is 65.7 Å². The molecule has 0 radical (unpaired) electrons. The number of nitrogen functional groups attached to an aromatic ring is 3. The number of hydrogen-bond donors (Lipinski definition) is 9. The van der Waals surface area contributed by atoms with E-state index in [0.717, 1.165) is 91.7 Å². The fourth-order valence-electron chi connectivity index (χ4n) is 14.6. The molecule has 0 spiro atoms. The average molecular weight is 1270 g/mol. The molecule has 89 heavy (non-hydrogen) atoms. The highest BCUT2D eigenvalue weighted by Crippen LogP contribution is 2.60. The Balaban J connectivity index is 0.000000129. The van der Waals surface area contributed by atoms with E-state index in [0.29, 0.717) is 107 Å². The van der Waals surface area contributed by atoms with E-state index in [2.05, 4.69) is 30.9 Å². The van der Waals surface area contributed by atoms with E-state index < -0.39 is 0 Å². The van der Waals surface area contributed by atoms with Gasteiger partial charge >= 0.3 is 0 Å². The molecule has 6 aliphatic carbocycles. The highest BCUT2D eigenvalue weighted by molar-refractivity contribution is 6.45. The Morgan fingerprint density at radius 1 is 0.427 bits per heavy atom. The highest BCUT2D eigenvalue weighted by atomic mass is 35.5. The Morgan fingerprint density at radius 2 is 0.787 bits per heavy atom. The van der Waals surface area contributed by atoms with Gasteiger partial charge in [-0.25, -0.2) is 15.0 Å². The van der Waals surface area contributed by atoms with Crippen LogP contribution in [0.4, 0.5) is 34.5 Å². The number of aliphatic hydroxyl groups is 3. The van der Waals surface area contributed by atoms with Crippen molar-refractivity contribution >= 4 is 131 Å². The molecule has 6 unspecified atom stereocenters. The second kappa shape index (κ2) is 24.3. The Bertz CT molecular complexity index is 4270. The van der Waals surface area contributed by atoms with Crippen LogP contribution in [0.3, 0.4) is 0 Å². The molecule has 9 aromatic rings. The molecule has 15 nitrogen and oxygen atoms in total. The predicted molar refractivity (Wildman–Crippen MR) is 359 cm³/mol. The van der Waals surface area contributed by atoms with Crippen molar-refractivity contribution in [3.05, 3.63) is 158 Å². The maximum atomic E-state index is 12.7. The molecule has 0 saturated heterocycles. The minimum absolute atomic E-state index is 0. The van der Waals surface area contributed by atoms with Gasteiger partial charge in [0.2, 0.25) is 17.7 Å². The van der Waals surface area contributed by atoms with Crippen LogP contribution in [-0.2, 0) is 14.4 Å². The lowest BCUT2D eigenvalue weighted by molar-refractivity contribution is -0.119. The van der Waals surface area contributed by atoms with E-state index in [1.807, 2.05) is 112 Å². The summed E-state index contributed by atoms with van der Waals surface area (Å²) in [5, 5.41) is 44.2. The van der Waals surface area contributed by atoms with Gasteiger partial charge < -0.3 is 48.5 Å². The van der Waals surface area contributed by atoms with Crippen molar-refractivity contribution in [2.45, 2.75) is 85.0 Å². The maximum Gasteiger partial charge on any atom is 0.229 e. The number of amides is 3.